The Morgan fingerprint density at radius 3 is 3.09 bits per heavy atom. The lowest BCUT2D eigenvalue weighted by molar-refractivity contribution is -0.120. The predicted molar refractivity (Wildman–Crippen MR) is 81.2 cm³/mol. The van der Waals surface area contributed by atoms with E-state index in [1.807, 2.05) is 0 Å². The van der Waals surface area contributed by atoms with Crippen molar-refractivity contribution in [3.63, 3.8) is 0 Å². The Labute approximate surface area is 130 Å². The van der Waals surface area contributed by atoms with E-state index in [0.29, 0.717) is 22.2 Å². The van der Waals surface area contributed by atoms with Gasteiger partial charge in [-0.1, -0.05) is 11.8 Å². The molecule has 0 fully saturated rings. The third-order valence-electron chi connectivity index (χ3n) is 3.18. The number of ketones is 1. The zero-order chi connectivity index (χ0) is 15.7. The Morgan fingerprint density at radius 1 is 1.55 bits per heavy atom. The molecular formula is C13H13N5O3S. The monoisotopic (exact) mass is 319 g/mol. The zero-order valence-corrected chi connectivity index (χ0v) is 12.5. The molecule has 0 aliphatic carbocycles. The number of benzene rings is 1. The Morgan fingerprint density at radius 2 is 2.36 bits per heavy atom. The Balaban J connectivity index is 1.74. The van der Waals surface area contributed by atoms with E-state index in [0.717, 1.165) is 0 Å². The number of fused-ring (bicyclic) bond motifs is 1. The number of amides is 1. The number of nitrogen functional groups attached to an aromatic ring is 1. The van der Waals surface area contributed by atoms with E-state index in [1.165, 1.54) is 16.7 Å². The molecule has 1 amide bonds. The fourth-order valence-corrected chi connectivity index (χ4v) is 2.68. The van der Waals surface area contributed by atoms with Crippen LogP contribution in [-0.2, 0) is 4.79 Å². The van der Waals surface area contributed by atoms with E-state index < -0.39 is 0 Å². The summed E-state index contributed by atoms with van der Waals surface area (Å²) in [6.45, 7) is 0.0128. The van der Waals surface area contributed by atoms with E-state index >= 15 is 0 Å². The molecule has 2 aromatic rings. The number of nitrogens with two attached hydrogens (primary N) is 1. The molecule has 0 radical (unpaired) electrons. The lowest BCUT2D eigenvalue weighted by Crippen LogP contribution is -2.35. The molecular weight excluding hydrogens is 306 g/mol. The van der Waals surface area contributed by atoms with Crippen LogP contribution in [0.25, 0.3) is 0 Å². The lowest BCUT2D eigenvalue weighted by atomic mass is 10.1. The molecule has 1 aliphatic heterocycles. The number of carbonyl (C=O) groups excluding carboxylic acids is 2. The SMILES string of the molecule is CN1C(=O)COc2ccc(C(=O)CSc3n[nH]c(N)n3)cc21. The van der Waals surface area contributed by atoms with Gasteiger partial charge in [0.2, 0.25) is 11.1 Å². The second-order valence-electron chi connectivity index (χ2n) is 4.64. The molecule has 0 spiro atoms. The smallest absolute Gasteiger partial charge is 0.264 e. The van der Waals surface area contributed by atoms with Crippen LogP contribution in [0.1, 0.15) is 10.4 Å². The first-order valence-electron chi connectivity index (χ1n) is 6.42. The third-order valence-corrected chi connectivity index (χ3v) is 4.03. The highest BCUT2D eigenvalue weighted by Gasteiger charge is 2.23. The normalized spacial score (nSPS) is 13.7. The molecule has 8 nitrogen and oxygen atoms in total. The van der Waals surface area contributed by atoms with Gasteiger partial charge >= 0.3 is 0 Å². The number of hydrogen-bond acceptors (Lipinski definition) is 7. The first-order valence-corrected chi connectivity index (χ1v) is 7.40. The number of thioether (sulfide) groups is 1. The number of Topliss-reactive ketones (excluding diaryl/α,β-unsaturated/α-hetero) is 1. The standard InChI is InChI=1S/C13H13N5O3S/c1-18-8-4-7(2-3-10(8)21-5-11(18)20)9(19)6-22-13-15-12(14)16-17-13/h2-4H,5-6H2,1H3,(H3,14,15,16,17). The van der Waals surface area contributed by atoms with Gasteiger partial charge in [-0.2, -0.15) is 4.98 Å². The molecule has 114 valence electrons. The molecule has 1 aliphatic rings. The van der Waals surface area contributed by atoms with Crippen molar-refractivity contribution >= 4 is 35.1 Å². The van der Waals surface area contributed by atoms with Crippen molar-refractivity contribution in [3.05, 3.63) is 23.8 Å². The van der Waals surface area contributed by atoms with E-state index in [9.17, 15) is 9.59 Å². The largest absolute Gasteiger partial charge is 0.482 e. The lowest BCUT2D eigenvalue weighted by Gasteiger charge is -2.26. The minimum atomic E-state index is -0.150. The van der Waals surface area contributed by atoms with Crippen molar-refractivity contribution in [1.29, 1.82) is 0 Å². The number of hydrogen-bond donors (Lipinski definition) is 2. The number of carbonyl (C=O) groups is 2. The average molecular weight is 319 g/mol. The van der Waals surface area contributed by atoms with Crippen molar-refractivity contribution in [1.82, 2.24) is 15.2 Å². The number of H-pyrrole nitrogens is 1. The molecule has 1 aromatic heterocycles. The van der Waals surface area contributed by atoms with Crippen LogP contribution in [-0.4, -0.2) is 46.3 Å². The van der Waals surface area contributed by atoms with Crippen LogP contribution in [0.2, 0.25) is 0 Å². The summed E-state index contributed by atoms with van der Waals surface area (Å²) in [5.41, 5.74) is 6.51. The Kier molecular flexibility index (Phi) is 3.72. The van der Waals surface area contributed by atoms with E-state index in [4.69, 9.17) is 10.5 Å². The summed E-state index contributed by atoms with van der Waals surface area (Å²) in [6.07, 6.45) is 0. The maximum atomic E-state index is 12.2. The maximum absolute atomic E-state index is 12.2. The van der Waals surface area contributed by atoms with E-state index in [-0.39, 0.29) is 30.0 Å². The molecule has 22 heavy (non-hydrogen) atoms. The molecule has 1 aromatic carbocycles. The van der Waals surface area contributed by atoms with Gasteiger partial charge in [0.1, 0.15) is 5.75 Å². The van der Waals surface area contributed by atoms with Gasteiger partial charge in [-0.25, -0.2) is 5.10 Å². The molecule has 0 atom stereocenters. The van der Waals surface area contributed by atoms with Gasteiger partial charge in [0, 0.05) is 12.6 Å². The number of aromatic amines is 1. The number of likely N-dealkylation sites (N-methyl/N-ethyl adjacent to an activating group) is 1. The van der Waals surface area contributed by atoms with Crippen molar-refractivity contribution < 1.29 is 14.3 Å². The Hall–Kier alpha value is -2.55. The number of nitrogens with one attached hydrogen (secondary N) is 1. The Bertz CT molecular complexity index is 745. The molecule has 0 bridgehead atoms. The van der Waals surface area contributed by atoms with Gasteiger partial charge < -0.3 is 15.4 Å². The topological polar surface area (TPSA) is 114 Å². The van der Waals surface area contributed by atoms with Gasteiger partial charge in [-0.15, -0.1) is 5.10 Å². The molecule has 0 unspecified atom stereocenters. The highest BCUT2D eigenvalue weighted by Crippen LogP contribution is 2.32. The van der Waals surface area contributed by atoms with Crippen LogP contribution < -0.4 is 15.4 Å². The van der Waals surface area contributed by atoms with E-state index in [2.05, 4.69) is 15.2 Å². The van der Waals surface area contributed by atoms with Crippen LogP contribution in [0, 0.1) is 0 Å². The third kappa shape index (κ3) is 2.75. The fraction of sp³-hybridized carbons (Fsp3) is 0.231. The summed E-state index contributed by atoms with van der Waals surface area (Å²) in [5, 5.41) is 6.77. The highest BCUT2D eigenvalue weighted by atomic mass is 32.2. The fourth-order valence-electron chi connectivity index (χ4n) is 1.98. The summed E-state index contributed by atoms with van der Waals surface area (Å²) < 4.78 is 5.33. The number of anilines is 2. The van der Waals surface area contributed by atoms with E-state index in [1.54, 1.807) is 25.2 Å². The minimum absolute atomic E-state index is 0.0128. The summed E-state index contributed by atoms with van der Waals surface area (Å²) in [6, 6.07) is 5.03. The van der Waals surface area contributed by atoms with Gasteiger partial charge in [0.25, 0.3) is 5.91 Å². The number of ether oxygens (including phenoxy) is 1. The highest BCUT2D eigenvalue weighted by molar-refractivity contribution is 7.99. The number of aromatic nitrogens is 3. The molecule has 2 heterocycles. The molecule has 3 rings (SSSR count). The summed E-state index contributed by atoms with van der Waals surface area (Å²) in [7, 11) is 1.66. The van der Waals surface area contributed by atoms with Crippen LogP contribution in [0.3, 0.4) is 0 Å². The number of nitrogens with zero attached hydrogens (tertiary/aromatic N) is 3. The van der Waals surface area contributed by atoms with Crippen LogP contribution in [0.15, 0.2) is 23.4 Å². The molecule has 9 heteroatoms. The summed E-state index contributed by atoms with van der Waals surface area (Å²) in [4.78, 5) is 29.3. The van der Waals surface area contributed by atoms with Crippen LogP contribution >= 0.6 is 11.8 Å². The summed E-state index contributed by atoms with van der Waals surface area (Å²) >= 11 is 1.19. The zero-order valence-electron chi connectivity index (χ0n) is 11.7. The van der Waals surface area contributed by atoms with Gasteiger partial charge in [-0.3, -0.25) is 9.59 Å². The van der Waals surface area contributed by atoms with Crippen molar-refractivity contribution in [2.45, 2.75) is 5.16 Å². The first kappa shape index (κ1) is 14.4. The number of rotatable bonds is 4. The second kappa shape index (κ2) is 5.68. The van der Waals surface area contributed by atoms with Gasteiger partial charge in [-0.05, 0) is 18.2 Å². The first-order chi connectivity index (χ1) is 10.5. The van der Waals surface area contributed by atoms with Gasteiger partial charge in [0.15, 0.2) is 12.4 Å². The average Bonchev–Trinajstić information content (AvgIpc) is 2.94. The van der Waals surface area contributed by atoms with Crippen molar-refractivity contribution in [2.75, 3.05) is 30.0 Å². The quantitative estimate of drug-likeness (QED) is 0.630. The van der Waals surface area contributed by atoms with Crippen molar-refractivity contribution in [2.24, 2.45) is 0 Å². The van der Waals surface area contributed by atoms with Crippen LogP contribution in [0.5, 0.6) is 5.75 Å². The van der Waals surface area contributed by atoms with Crippen LogP contribution in [0.4, 0.5) is 11.6 Å². The maximum Gasteiger partial charge on any atom is 0.264 e. The molecule has 0 saturated heterocycles. The summed E-state index contributed by atoms with van der Waals surface area (Å²) in [5.74, 6) is 0.730. The molecule has 0 saturated carbocycles. The minimum Gasteiger partial charge on any atom is -0.482 e. The van der Waals surface area contributed by atoms with Crippen molar-refractivity contribution in [3.8, 4) is 5.75 Å². The molecule has 3 N–H and O–H groups in total. The second-order valence-corrected chi connectivity index (χ2v) is 5.58. The predicted octanol–water partition coefficient (Wildman–Crippen LogP) is 0.717. The van der Waals surface area contributed by atoms with Gasteiger partial charge in [0.05, 0.1) is 11.4 Å².